The van der Waals surface area contributed by atoms with E-state index in [0.29, 0.717) is 23.9 Å². The van der Waals surface area contributed by atoms with E-state index in [4.69, 9.17) is 9.72 Å². The van der Waals surface area contributed by atoms with E-state index in [0.717, 1.165) is 60.1 Å². The van der Waals surface area contributed by atoms with Crippen LogP contribution in [0.5, 0.6) is 5.75 Å². The molecule has 9 nitrogen and oxygen atoms in total. The molecule has 0 radical (unpaired) electrons. The SMILES string of the molecule is Cc1cnc(Nc2ccc(N3CCN(C)CC3)cc2OC(C)C)nc1Nc1cccc2c1C(=O)NC2. The zero-order valence-corrected chi connectivity index (χ0v) is 21.3. The summed E-state index contributed by atoms with van der Waals surface area (Å²) < 4.78 is 6.17. The van der Waals surface area contributed by atoms with Gasteiger partial charge in [-0.1, -0.05) is 12.1 Å². The summed E-state index contributed by atoms with van der Waals surface area (Å²) >= 11 is 0. The largest absolute Gasteiger partial charge is 0.489 e. The van der Waals surface area contributed by atoms with Gasteiger partial charge < -0.3 is 30.5 Å². The maximum atomic E-state index is 12.3. The van der Waals surface area contributed by atoms with Gasteiger partial charge in [0.15, 0.2) is 0 Å². The summed E-state index contributed by atoms with van der Waals surface area (Å²) in [5, 5.41) is 9.55. The lowest BCUT2D eigenvalue weighted by molar-refractivity contribution is 0.0966. The number of rotatable bonds is 7. The molecule has 0 saturated carbocycles. The van der Waals surface area contributed by atoms with Crippen LogP contribution in [0.2, 0.25) is 0 Å². The topological polar surface area (TPSA) is 94.7 Å². The number of benzene rings is 2. The van der Waals surface area contributed by atoms with E-state index in [-0.39, 0.29) is 12.0 Å². The minimum Gasteiger partial charge on any atom is -0.489 e. The maximum Gasteiger partial charge on any atom is 0.254 e. The number of aryl methyl sites for hydroxylation is 1. The normalized spacial score (nSPS) is 15.6. The molecule has 0 unspecified atom stereocenters. The van der Waals surface area contributed by atoms with Crippen LogP contribution in [0.25, 0.3) is 0 Å². The average Bonchev–Trinajstić information content (AvgIpc) is 3.24. The highest BCUT2D eigenvalue weighted by Gasteiger charge is 2.23. The van der Waals surface area contributed by atoms with Gasteiger partial charge in [-0.2, -0.15) is 4.98 Å². The van der Waals surface area contributed by atoms with Crippen molar-refractivity contribution in [2.75, 3.05) is 48.8 Å². The monoisotopic (exact) mass is 487 g/mol. The van der Waals surface area contributed by atoms with E-state index >= 15 is 0 Å². The number of fused-ring (bicyclic) bond motifs is 1. The van der Waals surface area contributed by atoms with Gasteiger partial charge in [-0.3, -0.25) is 4.79 Å². The summed E-state index contributed by atoms with van der Waals surface area (Å²) in [5.74, 6) is 1.77. The molecule has 0 bridgehead atoms. The third-order valence-electron chi connectivity index (χ3n) is 6.48. The number of aromatic nitrogens is 2. The quantitative estimate of drug-likeness (QED) is 0.460. The number of nitrogens with one attached hydrogen (secondary N) is 3. The van der Waals surface area contributed by atoms with Crippen LogP contribution in [0.3, 0.4) is 0 Å². The predicted octanol–water partition coefficient (Wildman–Crippen LogP) is 4.05. The Kier molecular flexibility index (Phi) is 6.65. The average molecular weight is 488 g/mol. The fourth-order valence-electron chi connectivity index (χ4n) is 4.49. The molecule has 5 rings (SSSR count). The highest BCUT2D eigenvalue weighted by Crippen LogP contribution is 2.34. The molecule has 36 heavy (non-hydrogen) atoms. The molecule has 1 fully saturated rings. The Balaban J connectivity index is 1.40. The van der Waals surface area contributed by atoms with Crippen LogP contribution in [0, 0.1) is 6.92 Å². The van der Waals surface area contributed by atoms with E-state index in [1.165, 1.54) is 0 Å². The minimum atomic E-state index is -0.0749. The number of hydrogen-bond donors (Lipinski definition) is 3. The van der Waals surface area contributed by atoms with Crippen molar-refractivity contribution in [2.45, 2.75) is 33.4 Å². The number of carbonyl (C=O) groups is 1. The van der Waals surface area contributed by atoms with Crippen molar-refractivity contribution in [3.63, 3.8) is 0 Å². The highest BCUT2D eigenvalue weighted by molar-refractivity contribution is 6.04. The standard InChI is InChI=1S/C27H33N7O2/c1-17(2)36-23-14-20(34-12-10-33(4)11-13-34)8-9-21(23)31-27-29-15-18(3)25(32-27)30-22-7-5-6-19-16-28-26(35)24(19)22/h5-9,14-15,17H,10-13,16H2,1-4H3,(H,28,35)(H2,29,30,31,32). The van der Waals surface area contributed by atoms with E-state index in [9.17, 15) is 4.79 Å². The molecule has 0 aliphatic carbocycles. The lowest BCUT2D eigenvalue weighted by atomic mass is 10.1. The van der Waals surface area contributed by atoms with Crippen molar-refractivity contribution >= 4 is 34.7 Å². The van der Waals surface area contributed by atoms with Crippen molar-refractivity contribution in [3.05, 3.63) is 59.3 Å². The second-order valence-electron chi connectivity index (χ2n) is 9.63. The van der Waals surface area contributed by atoms with Crippen LogP contribution < -0.4 is 25.6 Å². The maximum absolute atomic E-state index is 12.3. The summed E-state index contributed by atoms with van der Waals surface area (Å²) in [6, 6.07) is 12.0. The third-order valence-corrected chi connectivity index (χ3v) is 6.48. The van der Waals surface area contributed by atoms with Gasteiger partial charge in [0.25, 0.3) is 5.91 Å². The molecule has 1 saturated heterocycles. The molecule has 2 aliphatic heterocycles. The Morgan fingerprint density at radius 3 is 2.64 bits per heavy atom. The first-order chi connectivity index (χ1) is 17.4. The number of hydrogen-bond acceptors (Lipinski definition) is 8. The summed E-state index contributed by atoms with van der Waals surface area (Å²) in [6.07, 6.45) is 1.79. The summed E-state index contributed by atoms with van der Waals surface area (Å²) in [6.45, 7) is 10.6. The zero-order valence-electron chi connectivity index (χ0n) is 21.3. The molecule has 3 N–H and O–H groups in total. The smallest absolute Gasteiger partial charge is 0.254 e. The second-order valence-corrected chi connectivity index (χ2v) is 9.63. The van der Waals surface area contributed by atoms with Crippen LogP contribution in [0.15, 0.2) is 42.6 Å². The lowest BCUT2D eigenvalue weighted by Gasteiger charge is -2.34. The number of ether oxygens (including phenoxy) is 1. The first kappa shape index (κ1) is 23.9. The first-order valence-corrected chi connectivity index (χ1v) is 12.4. The number of nitrogens with zero attached hydrogens (tertiary/aromatic N) is 4. The Hall–Kier alpha value is -3.85. The summed E-state index contributed by atoms with van der Waals surface area (Å²) in [4.78, 5) is 26.3. The Bertz CT molecular complexity index is 1270. The van der Waals surface area contributed by atoms with Gasteiger partial charge in [0, 0.05) is 56.2 Å². The van der Waals surface area contributed by atoms with Crippen molar-refractivity contribution in [1.29, 1.82) is 0 Å². The predicted molar refractivity (Wildman–Crippen MR) is 143 cm³/mol. The molecule has 2 aromatic carbocycles. The molecule has 0 spiro atoms. The van der Waals surface area contributed by atoms with Gasteiger partial charge in [0.2, 0.25) is 5.95 Å². The van der Waals surface area contributed by atoms with Gasteiger partial charge in [0.1, 0.15) is 11.6 Å². The van der Waals surface area contributed by atoms with Crippen molar-refractivity contribution in [1.82, 2.24) is 20.2 Å². The number of anilines is 5. The number of likely N-dealkylation sites (N-methyl/N-ethyl adjacent to an activating group) is 1. The fourth-order valence-corrected chi connectivity index (χ4v) is 4.49. The van der Waals surface area contributed by atoms with Crippen LogP contribution >= 0.6 is 0 Å². The minimum absolute atomic E-state index is 0.0239. The molecule has 3 heterocycles. The van der Waals surface area contributed by atoms with Crippen LogP contribution in [0.4, 0.5) is 28.8 Å². The lowest BCUT2D eigenvalue weighted by Crippen LogP contribution is -2.44. The van der Waals surface area contributed by atoms with E-state index < -0.39 is 0 Å². The molecule has 3 aromatic rings. The second kappa shape index (κ2) is 10.0. The van der Waals surface area contributed by atoms with Crippen LogP contribution in [0.1, 0.15) is 35.3 Å². The molecule has 9 heteroatoms. The van der Waals surface area contributed by atoms with Gasteiger partial charge in [-0.25, -0.2) is 4.98 Å². The van der Waals surface area contributed by atoms with Gasteiger partial charge >= 0.3 is 0 Å². The molecule has 2 aliphatic rings. The van der Waals surface area contributed by atoms with Gasteiger partial charge in [-0.15, -0.1) is 0 Å². The Morgan fingerprint density at radius 1 is 1.06 bits per heavy atom. The Morgan fingerprint density at radius 2 is 1.86 bits per heavy atom. The Labute approximate surface area is 211 Å². The molecule has 1 amide bonds. The van der Waals surface area contributed by atoms with Crippen molar-refractivity contribution in [3.8, 4) is 5.75 Å². The highest BCUT2D eigenvalue weighted by atomic mass is 16.5. The van der Waals surface area contributed by atoms with Gasteiger partial charge in [-0.05, 0) is 51.6 Å². The van der Waals surface area contributed by atoms with Crippen molar-refractivity contribution in [2.24, 2.45) is 0 Å². The number of amides is 1. The summed E-state index contributed by atoms with van der Waals surface area (Å²) in [5.41, 5.74) is 5.20. The van der Waals surface area contributed by atoms with E-state index in [2.05, 4.69) is 49.9 Å². The third kappa shape index (κ3) is 5.06. The molecule has 188 valence electrons. The molecule has 0 atom stereocenters. The zero-order chi connectivity index (χ0) is 25.2. The van der Waals surface area contributed by atoms with Crippen LogP contribution in [-0.4, -0.2) is 60.1 Å². The van der Waals surface area contributed by atoms with Crippen LogP contribution in [-0.2, 0) is 6.54 Å². The molecular weight excluding hydrogens is 454 g/mol. The number of piperazine rings is 1. The van der Waals surface area contributed by atoms with Gasteiger partial charge in [0.05, 0.1) is 23.0 Å². The summed E-state index contributed by atoms with van der Waals surface area (Å²) in [7, 11) is 2.15. The van der Waals surface area contributed by atoms with E-state index in [1.807, 2.05) is 45.0 Å². The number of carbonyl (C=O) groups excluding carboxylic acids is 1. The molecular formula is C27H33N7O2. The van der Waals surface area contributed by atoms with Crippen molar-refractivity contribution < 1.29 is 9.53 Å². The fraction of sp³-hybridized carbons (Fsp3) is 0.370. The van der Waals surface area contributed by atoms with E-state index in [1.54, 1.807) is 6.20 Å². The first-order valence-electron chi connectivity index (χ1n) is 12.4. The molecule has 1 aromatic heterocycles.